The fourth-order valence-corrected chi connectivity index (χ4v) is 3.96. The van der Waals surface area contributed by atoms with Crippen molar-refractivity contribution < 1.29 is 4.79 Å². The molecule has 1 aliphatic heterocycles. The van der Waals surface area contributed by atoms with Crippen molar-refractivity contribution in [2.75, 3.05) is 5.32 Å². The number of para-hydroxylation sites is 1. The molecule has 0 spiro atoms. The van der Waals surface area contributed by atoms with Crippen molar-refractivity contribution in [1.29, 1.82) is 0 Å². The highest BCUT2D eigenvalue weighted by atomic mass is 32.2. The van der Waals surface area contributed by atoms with Crippen molar-refractivity contribution in [2.45, 2.75) is 50.1 Å². The largest absolute Gasteiger partial charge is 0.325 e. The van der Waals surface area contributed by atoms with Gasteiger partial charge >= 0.3 is 0 Å². The lowest BCUT2D eigenvalue weighted by atomic mass is 10.1. The molecule has 5 nitrogen and oxygen atoms in total. The Kier molecular flexibility index (Phi) is 4.20. The molecule has 0 saturated carbocycles. The van der Waals surface area contributed by atoms with Crippen LogP contribution in [0.1, 0.15) is 37.7 Å². The van der Waals surface area contributed by atoms with Crippen molar-refractivity contribution in [3.8, 4) is 0 Å². The van der Waals surface area contributed by atoms with E-state index in [0.717, 1.165) is 29.5 Å². The summed E-state index contributed by atoms with van der Waals surface area (Å²) in [6.07, 6.45) is 1.69. The molecule has 116 valence electrons. The quantitative estimate of drug-likeness (QED) is 0.944. The predicted molar refractivity (Wildman–Crippen MR) is 88.2 cm³/mol. The number of aryl methyl sites for hydroxylation is 2. The number of hydrogen-bond acceptors (Lipinski definition) is 4. The van der Waals surface area contributed by atoms with Gasteiger partial charge < -0.3 is 9.88 Å². The second-order valence-corrected chi connectivity index (χ2v) is 6.95. The summed E-state index contributed by atoms with van der Waals surface area (Å²) in [7, 11) is 0. The van der Waals surface area contributed by atoms with Crippen molar-refractivity contribution in [3.63, 3.8) is 0 Å². The van der Waals surface area contributed by atoms with E-state index in [4.69, 9.17) is 0 Å². The number of carbonyl (C=O) groups is 1. The van der Waals surface area contributed by atoms with E-state index >= 15 is 0 Å². The van der Waals surface area contributed by atoms with Crippen LogP contribution < -0.4 is 5.32 Å². The van der Waals surface area contributed by atoms with Gasteiger partial charge in [0.05, 0.1) is 5.25 Å². The molecule has 0 fully saturated rings. The molecule has 1 N–H and O–H groups in total. The Morgan fingerprint density at radius 3 is 2.86 bits per heavy atom. The SMILES string of the molecule is Cc1nnc(S[C@H]2CCc3ccccc3NC2=O)n1C(C)C. The molecular weight excluding hydrogens is 296 g/mol. The van der Waals surface area contributed by atoms with Crippen LogP contribution in [0.15, 0.2) is 29.4 Å². The molecule has 0 unspecified atom stereocenters. The first-order valence-electron chi connectivity index (χ1n) is 7.53. The summed E-state index contributed by atoms with van der Waals surface area (Å²) in [4.78, 5) is 12.5. The Labute approximate surface area is 134 Å². The summed E-state index contributed by atoms with van der Waals surface area (Å²) in [6, 6.07) is 8.27. The van der Waals surface area contributed by atoms with Crippen LogP contribution in [0.2, 0.25) is 0 Å². The number of aromatic nitrogens is 3. The second kappa shape index (κ2) is 6.12. The second-order valence-electron chi connectivity index (χ2n) is 5.79. The summed E-state index contributed by atoms with van der Waals surface area (Å²) in [5.74, 6) is 0.931. The van der Waals surface area contributed by atoms with E-state index in [0.29, 0.717) is 0 Å². The number of carbonyl (C=O) groups excluding carboxylic acids is 1. The lowest BCUT2D eigenvalue weighted by Gasteiger charge is -2.15. The lowest BCUT2D eigenvalue weighted by Crippen LogP contribution is -2.24. The van der Waals surface area contributed by atoms with Crippen LogP contribution in [0.3, 0.4) is 0 Å². The molecular formula is C16H20N4OS. The maximum Gasteiger partial charge on any atom is 0.237 e. The van der Waals surface area contributed by atoms with E-state index < -0.39 is 0 Å². The molecule has 0 saturated heterocycles. The third kappa shape index (κ3) is 2.88. The summed E-state index contributed by atoms with van der Waals surface area (Å²) in [6.45, 7) is 6.15. The number of anilines is 1. The molecule has 2 heterocycles. The Morgan fingerprint density at radius 1 is 1.32 bits per heavy atom. The van der Waals surface area contributed by atoms with Gasteiger partial charge in [-0.1, -0.05) is 30.0 Å². The highest BCUT2D eigenvalue weighted by Crippen LogP contribution is 2.32. The van der Waals surface area contributed by atoms with E-state index in [-0.39, 0.29) is 17.2 Å². The van der Waals surface area contributed by atoms with Crippen LogP contribution in [0.5, 0.6) is 0 Å². The van der Waals surface area contributed by atoms with Gasteiger partial charge in [0.15, 0.2) is 5.16 Å². The van der Waals surface area contributed by atoms with Gasteiger partial charge in [0.25, 0.3) is 0 Å². The number of amides is 1. The Hall–Kier alpha value is -1.82. The average Bonchev–Trinajstić information content (AvgIpc) is 2.77. The highest BCUT2D eigenvalue weighted by molar-refractivity contribution is 8.00. The maximum atomic E-state index is 12.5. The molecule has 1 aromatic heterocycles. The lowest BCUT2D eigenvalue weighted by molar-refractivity contribution is -0.115. The van der Waals surface area contributed by atoms with Gasteiger partial charge in [-0.05, 0) is 45.2 Å². The van der Waals surface area contributed by atoms with Gasteiger partial charge in [0.1, 0.15) is 5.82 Å². The Morgan fingerprint density at radius 2 is 2.09 bits per heavy atom. The molecule has 1 atom stereocenters. The van der Waals surface area contributed by atoms with Crippen LogP contribution in [-0.2, 0) is 11.2 Å². The molecule has 1 amide bonds. The number of nitrogens with one attached hydrogen (secondary N) is 1. The van der Waals surface area contributed by atoms with Crippen LogP contribution in [0, 0.1) is 6.92 Å². The maximum absolute atomic E-state index is 12.5. The first-order chi connectivity index (χ1) is 10.6. The monoisotopic (exact) mass is 316 g/mol. The summed E-state index contributed by atoms with van der Waals surface area (Å²) < 4.78 is 2.08. The summed E-state index contributed by atoms with van der Waals surface area (Å²) in [5, 5.41) is 12.1. The van der Waals surface area contributed by atoms with E-state index in [1.165, 1.54) is 17.3 Å². The van der Waals surface area contributed by atoms with E-state index in [1.54, 1.807) is 0 Å². The smallest absolute Gasteiger partial charge is 0.237 e. The number of fused-ring (bicyclic) bond motifs is 1. The van der Waals surface area contributed by atoms with E-state index in [2.05, 4.69) is 40.0 Å². The van der Waals surface area contributed by atoms with Gasteiger partial charge in [0.2, 0.25) is 5.91 Å². The first kappa shape index (κ1) is 15.1. The summed E-state index contributed by atoms with van der Waals surface area (Å²) >= 11 is 1.51. The molecule has 22 heavy (non-hydrogen) atoms. The Balaban J connectivity index is 1.81. The average molecular weight is 316 g/mol. The van der Waals surface area contributed by atoms with Crippen LogP contribution in [0.4, 0.5) is 5.69 Å². The fourth-order valence-electron chi connectivity index (χ4n) is 2.76. The number of benzene rings is 1. The molecule has 1 aliphatic rings. The summed E-state index contributed by atoms with van der Waals surface area (Å²) in [5.41, 5.74) is 2.12. The van der Waals surface area contributed by atoms with Crippen molar-refractivity contribution in [2.24, 2.45) is 0 Å². The van der Waals surface area contributed by atoms with E-state index in [1.807, 2.05) is 25.1 Å². The molecule has 0 radical (unpaired) electrons. The third-order valence-corrected chi connectivity index (χ3v) is 5.07. The number of rotatable bonds is 3. The van der Waals surface area contributed by atoms with Crippen LogP contribution in [0.25, 0.3) is 0 Å². The normalized spacial score (nSPS) is 18.0. The number of thioether (sulfide) groups is 1. The zero-order chi connectivity index (χ0) is 15.7. The van der Waals surface area contributed by atoms with Gasteiger partial charge in [-0.25, -0.2) is 0 Å². The van der Waals surface area contributed by atoms with E-state index in [9.17, 15) is 4.79 Å². The van der Waals surface area contributed by atoms with Crippen molar-refractivity contribution in [1.82, 2.24) is 14.8 Å². The first-order valence-corrected chi connectivity index (χ1v) is 8.41. The number of hydrogen-bond donors (Lipinski definition) is 1. The molecule has 3 rings (SSSR count). The fraction of sp³-hybridized carbons (Fsp3) is 0.438. The third-order valence-electron chi connectivity index (χ3n) is 3.84. The van der Waals surface area contributed by atoms with Crippen molar-refractivity contribution >= 4 is 23.4 Å². The van der Waals surface area contributed by atoms with Crippen LogP contribution in [-0.4, -0.2) is 25.9 Å². The number of nitrogens with zero attached hydrogens (tertiary/aromatic N) is 3. The van der Waals surface area contributed by atoms with Gasteiger partial charge in [-0.3, -0.25) is 4.79 Å². The van der Waals surface area contributed by atoms with Crippen molar-refractivity contribution in [3.05, 3.63) is 35.7 Å². The van der Waals surface area contributed by atoms with Gasteiger partial charge in [-0.15, -0.1) is 10.2 Å². The van der Waals surface area contributed by atoms with Crippen LogP contribution >= 0.6 is 11.8 Å². The molecule has 2 aromatic rings. The minimum atomic E-state index is -0.145. The standard InChI is InChI=1S/C16H20N4OS/c1-10(2)20-11(3)18-19-16(20)22-14-9-8-12-6-4-5-7-13(12)17-15(14)21/h4-7,10,14H,8-9H2,1-3H3,(H,17,21)/t14-/m0/s1. The minimum Gasteiger partial charge on any atom is -0.325 e. The van der Waals surface area contributed by atoms with Gasteiger partial charge in [-0.2, -0.15) is 0 Å². The zero-order valence-electron chi connectivity index (χ0n) is 13.0. The molecule has 0 aliphatic carbocycles. The molecule has 0 bridgehead atoms. The topological polar surface area (TPSA) is 59.8 Å². The zero-order valence-corrected chi connectivity index (χ0v) is 13.9. The predicted octanol–water partition coefficient (Wildman–Crippen LogP) is 3.21. The minimum absolute atomic E-state index is 0.0471. The molecule has 1 aromatic carbocycles. The van der Waals surface area contributed by atoms with Gasteiger partial charge in [0, 0.05) is 11.7 Å². The molecule has 6 heteroatoms. The Bertz CT molecular complexity index is 695. The highest BCUT2D eigenvalue weighted by Gasteiger charge is 2.27.